The molecule has 0 aliphatic heterocycles. The Kier molecular flexibility index (Phi) is 2.69. The molecule has 0 atom stereocenters. The number of phenols is 1. The Morgan fingerprint density at radius 2 is 2.18 bits per heavy atom. The van der Waals surface area contributed by atoms with Crippen LogP contribution in [0.3, 0.4) is 0 Å². The Balaban J connectivity index is 0.000000605. The van der Waals surface area contributed by atoms with Gasteiger partial charge in [0.1, 0.15) is 0 Å². The molecule has 1 aromatic carbocycles. The van der Waals surface area contributed by atoms with Crippen LogP contribution in [0.5, 0.6) is 5.75 Å². The van der Waals surface area contributed by atoms with E-state index >= 15 is 0 Å². The summed E-state index contributed by atoms with van der Waals surface area (Å²) < 4.78 is 0. The average Bonchev–Trinajstić information content (AvgIpc) is 2.36. The third-order valence-corrected chi connectivity index (χ3v) is 1.49. The van der Waals surface area contributed by atoms with Crippen LogP contribution in [-0.4, -0.2) is 10.1 Å². The Bertz CT molecular complexity index is 356. The molecule has 1 radical (unpaired) electrons. The number of hydrogen-bond donors (Lipinski definition) is 2. The van der Waals surface area contributed by atoms with Crippen molar-refractivity contribution >= 4 is 10.9 Å². The maximum atomic E-state index is 9.20. The molecular weight excluding hydrogens is 215 g/mol. The molecule has 3 heteroatoms. The zero-order valence-corrected chi connectivity index (χ0v) is 8.67. The van der Waals surface area contributed by atoms with Crippen LogP contribution in [-0.2, 0) is 32.7 Å². The molecule has 53 valence electrons. The predicted molar refractivity (Wildman–Crippen MR) is 38.8 cm³/mol. The van der Waals surface area contributed by atoms with Crippen molar-refractivity contribution in [2.45, 2.75) is 0 Å². The number of aromatic nitrogens is 1. The van der Waals surface area contributed by atoms with E-state index in [1.807, 2.05) is 12.1 Å². The van der Waals surface area contributed by atoms with Gasteiger partial charge in [-0.15, -0.1) is 11.5 Å². The first-order valence-electron chi connectivity index (χ1n) is 3.04. The number of rotatable bonds is 0. The van der Waals surface area contributed by atoms with E-state index in [1.54, 1.807) is 12.3 Å². The molecular formula is C8H6NOY-. The maximum absolute atomic E-state index is 9.20. The van der Waals surface area contributed by atoms with Gasteiger partial charge in [0.15, 0.2) is 0 Å². The van der Waals surface area contributed by atoms with Crippen LogP contribution in [0, 0.1) is 6.07 Å². The summed E-state index contributed by atoms with van der Waals surface area (Å²) in [4.78, 5) is 2.92. The Morgan fingerprint density at radius 3 is 2.91 bits per heavy atom. The van der Waals surface area contributed by atoms with Crippen molar-refractivity contribution in [2.24, 2.45) is 0 Å². The van der Waals surface area contributed by atoms with Gasteiger partial charge < -0.3 is 10.1 Å². The van der Waals surface area contributed by atoms with Crippen LogP contribution in [0.25, 0.3) is 10.9 Å². The van der Waals surface area contributed by atoms with Gasteiger partial charge in [-0.3, -0.25) is 0 Å². The zero-order chi connectivity index (χ0) is 6.97. The SMILES string of the molecule is Oc1c[c-]cc2cc[nH]c12.[Y]. The number of hydrogen-bond acceptors (Lipinski definition) is 1. The van der Waals surface area contributed by atoms with Crippen LogP contribution in [0.2, 0.25) is 0 Å². The van der Waals surface area contributed by atoms with Crippen LogP contribution in [0.1, 0.15) is 0 Å². The van der Waals surface area contributed by atoms with Crippen molar-refractivity contribution in [2.75, 3.05) is 0 Å². The van der Waals surface area contributed by atoms with Crippen molar-refractivity contribution < 1.29 is 37.8 Å². The minimum Gasteiger partial charge on any atom is -0.564 e. The first-order chi connectivity index (χ1) is 4.88. The van der Waals surface area contributed by atoms with Gasteiger partial charge in [-0.2, -0.15) is 12.1 Å². The molecule has 0 bridgehead atoms. The summed E-state index contributed by atoms with van der Waals surface area (Å²) in [6, 6.07) is 8.08. The van der Waals surface area contributed by atoms with E-state index in [0.29, 0.717) is 0 Å². The number of aromatic amines is 1. The van der Waals surface area contributed by atoms with Gasteiger partial charge in [-0.1, -0.05) is 6.07 Å². The summed E-state index contributed by atoms with van der Waals surface area (Å²) in [5.74, 6) is 0.252. The largest absolute Gasteiger partial charge is 0.564 e. The number of benzene rings is 1. The molecule has 2 nitrogen and oxygen atoms in total. The molecule has 0 aliphatic rings. The van der Waals surface area contributed by atoms with Gasteiger partial charge in [0.05, 0.1) is 0 Å². The molecule has 11 heavy (non-hydrogen) atoms. The van der Waals surface area contributed by atoms with E-state index in [2.05, 4.69) is 11.1 Å². The summed E-state index contributed by atoms with van der Waals surface area (Å²) in [6.07, 6.45) is 1.79. The number of fused-ring (bicyclic) bond motifs is 1. The monoisotopic (exact) mass is 221 g/mol. The molecule has 0 aliphatic carbocycles. The molecule has 0 saturated heterocycles. The number of phenolic OH excluding ortho intramolecular Hbond substituents is 1. The minimum absolute atomic E-state index is 0. The molecule has 1 aromatic heterocycles. The van der Waals surface area contributed by atoms with E-state index in [0.717, 1.165) is 10.9 Å². The van der Waals surface area contributed by atoms with Gasteiger partial charge in [-0.05, 0) is 11.7 Å². The second-order valence-electron chi connectivity index (χ2n) is 2.15. The molecule has 0 saturated carbocycles. The molecule has 2 N–H and O–H groups in total. The van der Waals surface area contributed by atoms with Gasteiger partial charge in [0.2, 0.25) is 0 Å². The molecule has 0 spiro atoms. The minimum atomic E-state index is 0. The van der Waals surface area contributed by atoms with E-state index in [9.17, 15) is 5.11 Å². The third-order valence-electron chi connectivity index (χ3n) is 1.49. The van der Waals surface area contributed by atoms with Crippen LogP contribution >= 0.6 is 0 Å². The second kappa shape index (κ2) is 3.37. The summed E-state index contributed by atoms with van der Waals surface area (Å²) in [7, 11) is 0. The molecule has 0 unspecified atom stereocenters. The Hall–Kier alpha value is -0.336. The summed E-state index contributed by atoms with van der Waals surface area (Å²) in [5.41, 5.74) is 0.777. The number of nitrogens with one attached hydrogen (secondary N) is 1. The standard InChI is InChI=1S/C8H6NO.Y/c10-7-3-1-2-6-4-5-9-8(6)7;/h2-5,9-10H;/q-1;. The first kappa shape index (κ1) is 8.76. The fourth-order valence-electron chi connectivity index (χ4n) is 1.01. The first-order valence-corrected chi connectivity index (χ1v) is 3.04. The van der Waals surface area contributed by atoms with Crippen LogP contribution < -0.4 is 0 Å². The van der Waals surface area contributed by atoms with Gasteiger partial charge in [0.25, 0.3) is 0 Å². The van der Waals surface area contributed by atoms with Crippen molar-refractivity contribution in [1.82, 2.24) is 4.98 Å². The molecule has 2 aromatic rings. The summed E-state index contributed by atoms with van der Waals surface area (Å²) in [5, 5.41) is 10.2. The second-order valence-corrected chi connectivity index (χ2v) is 2.15. The smallest absolute Gasteiger partial charge is 0.0265 e. The topological polar surface area (TPSA) is 36.0 Å². The fraction of sp³-hybridized carbons (Fsp3) is 0. The number of H-pyrrole nitrogens is 1. The van der Waals surface area contributed by atoms with Crippen LogP contribution in [0.4, 0.5) is 0 Å². The Labute approximate surface area is 89.5 Å². The molecule has 0 fully saturated rings. The average molecular weight is 221 g/mol. The maximum Gasteiger partial charge on any atom is 0.0265 e. The van der Waals surface area contributed by atoms with Crippen molar-refractivity contribution in [3.63, 3.8) is 0 Å². The normalized spacial score (nSPS) is 9.45. The van der Waals surface area contributed by atoms with E-state index in [1.165, 1.54) is 0 Å². The molecule has 0 amide bonds. The quantitative estimate of drug-likeness (QED) is 0.652. The summed E-state index contributed by atoms with van der Waals surface area (Å²) >= 11 is 0. The van der Waals surface area contributed by atoms with Gasteiger partial charge in [-0.25, -0.2) is 0 Å². The molecule has 2 rings (SSSR count). The zero-order valence-electron chi connectivity index (χ0n) is 5.83. The van der Waals surface area contributed by atoms with E-state index < -0.39 is 0 Å². The Morgan fingerprint density at radius 1 is 1.36 bits per heavy atom. The summed E-state index contributed by atoms with van der Waals surface area (Å²) in [6.45, 7) is 0. The van der Waals surface area contributed by atoms with E-state index in [4.69, 9.17) is 0 Å². The van der Waals surface area contributed by atoms with Gasteiger partial charge in [0, 0.05) is 38.5 Å². The number of aromatic hydroxyl groups is 1. The van der Waals surface area contributed by atoms with E-state index in [-0.39, 0.29) is 38.5 Å². The predicted octanol–water partition coefficient (Wildman–Crippen LogP) is 1.67. The van der Waals surface area contributed by atoms with Gasteiger partial charge >= 0.3 is 0 Å². The van der Waals surface area contributed by atoms with Crippen LogP contribution in [0.15, 0.2) is 24.4 Å². The third kappa shape index (κ3) is 1.47. The molecule has 1 heterocycles. The van der Waals surface area contributed by atoms with Crippen molar-refractivity contribution in [3.8, 4) is 5.75 Å². The van der Waals surface area contributed by atoms with Crippen molar-refractivity contribution in [1.29, 1.82) is 0 Å². The fourth-order valence-corrected chi connectivity index (χ4v) is 1.01. The van der Waals surface area contributed by atoms with Crippen molar-refractivity contribution in [3.05, 3.63) is 30.5 Å².